The zero-order chi connectivity index (χ0) is 21.8. The lowest BCUT2D eigenvalue weighted by molar-refractivity contribution is -0.131. The van der Waals surface area contributed by atoms with Crippen molar-refractivity contribution in [1.29, 1.82) is 0 Å². The van der Waals surface area contributed by atoms with Crippen LogP contribution in [0.25, 0.3) is 0 Å². The summed E-state index contributed by atoms with van der Waals surface area (Å²) < 4.78 is 1.62. The number of carboxylic acid groups (broad SMARTS) is 1. The van der Waals surface area contributed by atoms with Gasteiger partial charge in [-0.1, -0.05) is 91.0 Å². The molecule has 0 amide bonds. The van der Waals surface area contributed by atoms with Crippen LogP contribution >= 0.6 is 0 Å². The summed E-state index contributed by atoms with van der Waals surface area (Å²) in [4.78, 5) is 27.4. The van der Waals surface area contributed by atoms with Gasteiger partial charge in [0.1, 0.15) is 11.2 Å². The summed E-state index contributed by atoms with van der Waals surface area (Å²) in [6, 6.07) is 29.8. The van der Waals surface area contributed by atoms with Crippen molar-refractivity contribution in [3.63, 3.8) is 0 Å². The predicted molar refractivity (Wildman–Crippen MR) is 118 cm³/mol. The Morgan fingerprint density at radius 1 is 0.806 bits per heavy atom. The van der Waals surface area contributed by atoms with Gasteiger partial charge < -0.3 is 15.0 Å². The highest BCUT2D eigenvalue weighted by Crippen LogP contribution is 2.39. The molecule has 0 aliphatic heterocycles. The first-order chi connectivity index (χ1) is 15.0. The van der Waals surface area contributed by atoms with Crippen molar-refractivity contribution >= 4 is 17.7 Å². The summed E-state index contributed by atoms with van der Waals surface area (Å²) in [5.41, 5.74) is 1.97. The molecule has 4 rings (SSSR count). The highest BCUT2D eigenvalue weighted by atomic mass is 16.4. The highest BCUT2D eigenvalue weighted by molar-refractivity contribution is 6.39. The quantitative estimate of drug-likeness (QED) is 0.272. The summed E-state index contributed by atoms with van der Waals surface area (Å²) in [6.07, 6.45) is 1.42. The van der Waals surface area contributed by atoms with Crippen LogP contribution in [0.15, 0.2) is 97.2 Å². The van der Waals surface area contributed by atoms with Crippen molar-refractivity contribution < 1.29 is 14.7 Å². The normalized spacial score (nSPS) is 11.1. The van der Waals surface area contributed by atoms with Crippen LogP contribution in [0, 0.1) is 0 Å². The van der Waals surface area contributed by atoms with E-state index in [0.717, 1.165) is 16.7 Å². The van der Waals surface area contributed by atoms with E-state index in [2.05, 4.69) is 10.3 Å². The van der Waals surface area contributed by atoms with Crippen LogP contribution in [0.5, 0.6) is 0 Å². The molecule has 0 fully saturated rings. The van der Waals surface area contributed by atoms with Crippen molar-refractivity contribution in [2.75, 3.05) is 5.32 Å². The molecule has 154 valence electrons. The van der Waals surface area contributed by atoms with E-state index in [1.165, 1.54) is 6.20 Å². The molecule has 4 aromatic rings. The van der Waals surface area contributed by atoms with E-state index in [0.29, 0.717) is 5.95 Å². The second kappa shape index (κ2) is 8.28. The van der Waals surface area contributed by atoms with Crippen LogP contribution < -0.4 is 5.32 Å². The maximum Gasteiger partial charge on any atom is 0.378 e. The van der Waals surface area contributed by atoms with Gasteiger partial charge >= 0.3 is 5.97 Å². The van der Waals surface area contributed by atoms with E-state index in [-0.39, 0.29) is 5.69 Å². The van der Waals surface area contributed by atoms with E-state index in [1.807, 2.05) is 91.0 Å². The smallest absolute Gasteiger partial charge is 0.378 e. The van der Waals surface area contributed by atoms with E-state index in [4.69, 9.17) is 5.11 Å². The molecule has 1 heterocycles. The number of aromatic nitrogens is 2. The van der Waals surface area contributed by atoms with Crippen molar-refractivity contribution in [2.24, 2.45) is 7.05 Å². The SMILES string of the molecule is Cn1cc(C(=O)C(=O)O)nc1NC(c1ccccc1)(c1ccccc1)c1ccccc1. The average molecular weight is 411 g/mol. The van der Waals surface area contributed by atoms with Crippen molar-refractivity contribution in [2.45, 2.75) is 5.54 Å². The van der Waals surface area contributed by atoms with Gasteiger partial charge in [-0.05, 0) is 16.7 Å². The Balaban J connectivity index is 1.96. The molecule has 0 aliphatic rings. The Labute approximate surface area is 179 Å². The number of carboxylic acids is 1. The van der Waals surface area contributed by atoms with Crippen LogP contribution in [0.4, 0.5) is 5.95 Å². The number of ketones is 1. The van der Waals surface area contributed by atoms with E-state index in [9.17, 15) is 9.59 Å². The molecule has 0 spiro atoms. The topological polar surface area (TPSA) is 84.2 Å². The van der Waals surface area contributed by atoms with Gasteiger partial charge in [0.05, 0.1) is 0 Å². The van der Waals surface area contributed by atoms with Gasteiger partial charge in [0.25, 0.3) is 5.78 Å². The fraction of sp³-hybridized carbons (Fsp3) is 0.0800. The van der Waals surface area contributed by atoms with Crippen molar-refractivity contribution in [3.8, 4) is 0 Å². The first-order valence-electron chi connectivity index (χ1n) is 9.78. The molecule has 0 bridgehead atoms. The number of Topliss-reactive ketones (excluding diaryl/α,β-unsaturated/α-hetero) is 1. The number of aryl methyl sites for hydroxylation is 1. The zero-order valence-corrected chi connectivity index (χ0v) is 16.9. The van der Waals surface area contributed by atoms with E-state index in [1.54, 1.807) is 11.6 Å². The van der Waals surface area contributed by atoms with Gasteiger partial charge in [0, 0.05) is 13.2 Å². The molecule has 0 unspecified atom stereocenters. The number of carbonyl (C=O) groups is 2. The van der Waals surface area contributed by atoms with Gasteiger partial charge in [-0.2, -0.15) is 0 Å². The van der Waals surface area contributed by atoms with Gasteiger partial charge in [-0.3, -0.25) is 4.79 Å². The molecule has 31 heavy (non-hydrogen) atoms. The third-order valence-corrected chi connectivity index (χ3v) is 5.22. The molecule has 3 aromatic carbocycles. The van der Waals surface area contributed by atoms with Crippen LogP contribution in [0.3, 0.4) is 0 Å². The number of hydrogen-bond acceptors (Lipinski definition) is 4. The lowest BCUT2D eigenvalue weighted by Gasteiger charge is -2.37. The second-order valence-electron chi connectivity index (χ2n) is 7.17. The number of nitrogens with zero attached hydrogens (tertiary/aromatic N) is 2. The third kappa shape index (κ3) is 3.71. The summed E-state index contributed by atoms with van der Waals surface area (Å²) >= 11 is 0. The Morgan fingerprint density at radius 3 is 1.61 bits per heavy atom. The number of rotatable bonds is 7. The standard InChI is InChI=1S/C25H21N3O3/c1-28-17-21(22(29)23(30)31)26-24(28)27-25(18-11-5-2-6-12-18,19-13-7-3-8-14-19)20-15-9-4-10-16-20/h2-17H,1H3,(H,26,27)(H,30,31). The van der Waals surface area contributed by atoms with Crippen LogP contribution in [-0.4, -0.2) is 26.4 Å². The molecule has 0 radical (unpaired) electrons. The third-order valence-electron chi connectivity index (χ3n) is 5.22. The molecule has 2 N–H and O–H groups in total. The maximum absolute atomic E-state index is 12.0. The zero-order valence-electron chi connectivity index (χ0n) is 16.9. The fourth-order valence-electron chi connectivity index (χ4n) is 3.75. The largest absolute Gasteiger partial charge is 0.475 e. The Hall–Kier alpha value is -4.19. The fourth-order valence-corrected chi connectivity index (χ4v) is 3.75. The van der Waals surface area contributed by atoms with Gasteiger partial charge in [0.15, 0.2) is 0 Å². The molecule has 0 saturated heterocycles. The molecular weight excluding hydrogens is 390 g/mol. The number of aliphatic carboxylic acids is 1. The summed E-state index contributed by atoms with van der Waals surface area (Å²) in [7, 11) is 1.72. The van der Waals surface area contributed by atoms with E-state index >= 15 is 0 Å². The van der Waals surface area contributed by atoms with Crippen LogP contribution in [0.2, 0.25) is 0 Å². The molecule has 1 aromatic heterocycles. The lowest BCUT2D eigenvalue weighted by Crippen LogP contribution is -2.39. The van der Waals surface area contributed by atoms with Crippen molar-refractivity contribution in [1.82, 2.24) is 9.55 Å². The predicted octanol–water partition coefficient (Wildman–Crippen LogP) is 4.09. The number of benzene rings is 3. The lowest BCUT2D eigenvalue weighted by atomic mass is 9.77. The minimum absolute atomic E-state index is 0.124. The average Bonchev–Trinajstić information content (AvgIpc) is 3.18. The Bertz CT molecular complexity index is 1110. The molecule has 6 heteroatoms. The maximum atomic E-state index is 12.0. The van der Waals surface area contributed by atoms with Gasteiger partial charge in [0.2, 0.25) is 5.95 Å². The van der Waals surface area contributed by atoms with Gasteiger partial charge in [-0.15, -0.1) is 0 Å². The number of carbonyl (C=O) groups excluding carboxylic acids is 1. The van der Waals surface area contributed by atoms with Crippen molar-refractivity contribution in [3.05, 3.63) is 120 Å². The number of anilines is 1. The molecule has 0 saturated carbocycles. The molecule has 6 nitrogen and oxygen atoms in total. The molecule has 0 atom stereocenters. The minimum Gasteiger partial charge on any atom is -0.475 e. The summed E-state index contributed by atoms with van der Waals surface area (Å²) in [5.74, 6) is -2.21. The Morgan fingerprint density at radius 2 is 1.23 bits per heavy atom. The first-order valence-corrected chi connectivity index (χ1v) is 9.78. The minimum atomic E-state index is -1.54. The van der Waals surface area contributed by atoms with Crippen LogP contribution in [0.1, 0.15) is 27.2 Å². The van der Waals surface area contributed by atoms with E-state index < -0.39 is 17.3 Å². The number of hydrogen-bond donors (Lipinski definition) is 2. The first kappa shape index (κ1) is 20.1. The second-order valence-corrected chi connectivity index (χ2v) is 7.17. The summed E-state index contributed by atoms with van der Waals surface area (Å²) in [5, 5.41) is 12.6. The molecular formula is C25H21N3O3. The summed E-state index contributed by atoms with van der Waals surface area (Å²) in [6.45, 7) is 0. The Kier molecular flexibility index (Phi) is 5.37. The van der Waals surface area contributed by atoms with Crippen LogP contribution in [-0.2, 0) is 17.4 Å². The number of imidazole rings is 1. The molecule has 0 aliphatic carbocycles. The monoisotopic (exact) mass is 411 g/mol. The number of nitrogens with one attached hydrogen (secondary N) is 1. The highest BCUT2D eigenvalue weighted by Gasteiger charge is 2.37. The van der Waals surface area contributed by atoms with Gasteiger partial charge in [-0.25, -0.2) is 9.78 Å².